The predicted octanol–water partition coefficient (Wildman–Crippen LogP) is 2.88. The van der Waals surface area contributed by atoms with Gasteiger partial charge in [0.1, 0.15) is 11.6 Å². The number of benzene rings is 1. The maximum atomic E-state index is 13.7. The largest absolute Gasteiger partial charge is 0.334 e. The van der Waals surface area contributed by atoms with Crippen LogP contribution in [0.4, 0.5) is 8.78 Å². The fraction of sp³-hybridized carbons (Fsp3) is 0.562. The van der Waals surface area contributed by atoms with Crippen molar-refractivity contribution >= 4 is 18.3 Å². The second-order valence-electron chi connectivity index (χ2n) is 6.06. The van der Waals surface area contributed by atoms with Crippen LogP contribution in [0, 0.1) is 17.6 Å². The Hall–Kier alpha value is -1.20. The summed E-state index contributed by atoms with van der Waals surface area (Å²) in [6.45, 7) is 1.41. The maximum absolute atomic E-state index is 13.7. The molecule has 1 aromatic carbocycles. The van der Waals surface area contributed by atoms with Gasteiger partial charge in [-0.05, 0) is 44.2 Å². The van der Waals surface area contributed by atoms with Gasteiger partial charge in [0, 0.05) is 24.2 Å². The highest BCUT2D eigenvalue weighted by Gasteiger charge is 2.33. The fourth-order valence-electron chi connectivity index (χ4n) is 2.45. The topological polar surface area (TPSA) is 32.3 Å². The molecule has 1 aromatic rings. The molecule has 6 heteroatoms. The lowest BCUT2D eigenvalue weighted by Gasteiger charge is -2.23. The number of halogens is 3. The summed E-state index contributed by atoms with van der Waals surface area (Å²) in [5.41, 5.74) is 0.374. The molecule has 2 fully saturated rings. The first kappa shape index (κ1) is 17.2. The SMILES string of the molecule is Cl.O=C(CNCC1CC1)N(Cc1ccc(F)cc1F)C1CC1. The van der Waals surface area contributed by atoms with Crippen LogP contribution in [0.1, 0.15) is 31.2 Å². The standard InChI is InChI=1S/C16H20F2N2O.ClH/c17-13-4-3-12(15(18)7-13)10-20(14-5-6-14)16(21)9-19-8-11-1-2-11;/h3-4,7,11,14,19H,1-2,5-6,8-10H2;1H. The summed E-state index contributed by atoms with van der Waals surface area (Å²) in [7, 11) is 0. The van der Waals surface area contributed by atoms with Crippen LogP contribution in [0.15, 0.2) is 18.2 Å². The van der Waals surface area contributed by atoms with E-state index in [1.54, 1.807) is 4.90 Å². The van der Waals surface area contributed by atoms with E-state index in [2.05, 4.69) is 5.32 Å². The number of amides is 1. The van der Waals surface area contributed by atoms with Crippen LogP contribution in [-0.2, 0) is 11.3 Å². The van der Waals surface area contributed by atoms with Gasteiger partial charge in [-0.25, -0.2) is 8.78 Å². The number of nitrogens with zero attached hydrogens (tertiary/aromatic N) is 1. The van der Waals surface area contributed by atoms with Crippen molar-refractivity contribution in [3.05, 3.63) is 35.4 Å². The molecule has 0 unspecified atom stereocenters. The van der Waals surface area contributed by atoms with Crippen LogP contribution in [0.3, 0.4) is 0 Å². The zero-order valence-electron chi connectivity index (χ0n) is 12.4. The van der Waals surface area contributed by atoms with Crippen LogP contribution >= 0.6 is 12.4 Å². The molecule has 1 amide bonds. The molecule has 0 aliphatic heterocycles. The van der Waals surface area contributed by atoms with E-state index in [4.69, 9.17) is 0 Å². The summed E-state index contributed by atoms with van der Waals surface area (Å²) in [4.78, 5) is 14.0. The van der Waals surface area contributed by atoms with Gasteiger partial charge >= 0.3 is 0 Å². The fourth-order valence-corrected chi connectivity index (χ4v) is 2.45. The van der Waals surface area contributed by atoms with Crippen molar-refractivity contribution < 1.29 is 13.6 Å². The Morgan fingerprint density at radius 3 is 2.55 bits per heavy atom. The van der Waals surface area contributed by atoms with Crippen molar-refractivity contribution in [3.8, 4) is 0 Å². The minimum atomic E-state index is -0.591. The second-order valence-corrected chi connectivity index (χ2v) is 6.06. The van der Waals surface area contributed by atoms with Crippen molar-refractivity contribution in [1.29, 1.82) is 0 Å². The smallest absolute Gasteiger partial charge is 0.237 e. The Balaban J connectivity index is 0.00000176. The molecule has 122 valence electrons. The molecule has 0 spiro atoms. The first-order valence-corrected chi connectivity index (χ1v) is 7.57. The lowest BCUT2D eigenvalue weighted by Crippen LogP contribution is -2.39. The molecule has 3 rings (SSSR count). The normalized spacial score (nSPS) is 17.0. The summed E-state index contributed by atoms with van der Waals surface area (Å²) < 4.78 is 26.7. The van der Waals surface area contributed by atoms with Gasteiger partial charge in [-0.2, -0.15) is 0 Å². The summed E-state index contributed by atoms with van der Waals surface area (Å²) in [5.74, 6) is -0.449. The molecule has 22 heavy (non-hydrogen) atoms. The summed E-state index contributed by atoms with van der Waals surface area (Å²) >= 11 is 0. The lowest BCUT2D eigenvalue weighted by atomic mass is 10.2. The first-order chi connectivity index (χ1) is 10.1. The van der Waals surface area contributed by atoms with Crippen LogP contribution in [0.5, 0.6) is 0 Å². The number of carbonyl (C=O) groups excluding carboxylic acids is 1. The molecule has 0 radical (unpaired) electrons. The third-order valence-electron chi connectivity index (χ3n) is 4.07. The summed E-state index contributed by atoms with van der Waals surface area (Å²) in [6.07, 6.45) is 4.43. The third-order valence-corrected chi connectivity index (χ3v) is 4.07. The molecule has 0 aromatic heterocycles. The van der Waals surface area contributed by atoms with E-state index in [0.29, 0.717) is 12.1 Å². The van der Waals surface area contributed by atoms with E-state index in [1.807, 2.05) is 0 Å². The Morgan fingerprint density at radius 2 is 1.95 bits per heavy atom. The summed E-state index contributed by atoms with van der Waals surface area (Å²) in [6, 6.07) is 3.74. The number of hydrogen-bond acceptors (Lipinski definition) is 2. The molecular formula is C16H21ClF2N2O. The van der Waals surface area contributed by atoms with Gasteiger partial charge in [0.05, 0.1) is 6.54 Å². The highest BCUT2D eigenvalue weighted by atomic mass is 35.5. The molecule has 0 bridgehead atoms. The molecule has 2 aliphatic carbocycles. The van der Waals surface area contributed by atoms with Gasteiger partial charge in [-0.1, -0.05) is 6.07 Å². The zero-order valence-corrected chi connectivity index (χ0v) is 13.2. The first-order valence-electron chi connectivity index (χ1n) is 7.57. The van der Waals surface area contributed by atoms with Crippen molar-refractivity contribution in [3.63, 3.8) is 0 Å². The number of rotatable bonds is 7. The van der Waals surface area contributed by atoms with Crippen molar-refractivity contribution in [2.45, 2.75) is 38.3 Å². The molecule has 0 saturated heterocycles. The Bertz CT molecular complexity index is 533. The minimum Gasteiger partial charge on any atom is -0.334 e. The number of carbonyl (C=O) groups is 1. The van der Waals surface area contributed by atoms with Crippen molar-refractivity contribution in [1.82, 2.24) is 10.2 Å². The van der Waals surface area contributed by atoms with Crippen LogP contribution in [0.25, 0.3) is 0 Å². The van der Waals surface area contributed by atoms with Gasteiger partial charge in [-0.15, -0.1) is 12.4 Å². The van der Waals surface area contributed by atoms with E-state index >= 15 is 0 Å². The van der Waals surface area contributed by atoms with E-state index in [1.165, 1.54) is 25.0 Å². The monoisotopic (exact) mass is 330 g/mol. The van der Waals surface area contributed by atoms with E-state index in [9.17, 15) is 13.6 Å². The highest BCUT2D eigenvalue weighted by molar-refractivity contribution is 5.85. The molecule has 3 nitrogen and oxygen atoms in total. The second kappa shape index (κ2) is 7.38. The van der Waals surface area contributed by atoms with Crippen LogP contribution in [-0.4, -0.2) is 29.9 Å². The highest BCUT2D eigenvalue weighted by Crippen LogP contribution is 2.29. The minimum absolute atomic E-state index is 0. The van der Waals surface area contributed by atoms with E-state index in [0.717, 1.165) is 31.4 Å². The number of hydrogen-bond donors (Lipinski definition) is 1. The number of nitrogens with one attached hydrogen (secondary N) is 1. The van der Waals surface area contributed by atoms with E-state index < -0.39 is 11.6 Å². The average Bonchev–Trinajstić information content (AvgIpc) is 3.31. The molecule has 0 atom stereocenters. The Morgan fingerprint density at radius 1 is 1.23 bits per heavy atom. The summed E-state index contributed by atoms with van der Waals surface area (Å²) in [5, 5.41) is 3.17. The molecular weight excluding hydrogens is 310 g/mol. The third kappa shape index (κ3) is 4.65. The molecule has 0 heterocycles. The average molecular weight is 331 g/mol. The Labute approximate surface area is 135 Å². The van der Waals surface area contributed by atoms with Gasteiger partial charge in [0.25, 0.3) is 0 Å². The Kier molecular flexibility index (Phi) is 5.75. The maximum Gasteiger partial charge on any atom is 0.237 e. The quantitative estimate of drug-likeness (QED) is 0.833. The van der Waals surface area contributed by atoms with Crippen LogP contribution in [0.2, 0.25) is 0 Å². The molecule has 2 aliphatic rings. The van der Waals surface area contributed by atoms with Gasteiger partial charge in [-0.3, -0.25) is 4.79 Å². The van der Waals surface area contributed by atoms with Gasteiger partial charge in [0.2, 0.25) is 5.91 Å². The van der Waals surface area contributed by atoms with Crippen molar-refractivity contribution in [2.24, 2.45) is 5.92 Å². The molecule has 2 saturated carbocycles. The predicted molar refractivity (Wildman–Crippen MR) is 82.8 cm³/mol. The van der Waals surface area contributed by atoms with Crippen LogP contribution < -0.4 is 5.32 Å². The van der Waals surface area contributed by atoms with Gasteiger partial charge < -0.3 is 10.2 Å². The zero-order chi connectivity index (χ0) is 14.8. The lowest BCUT2D eigenvalue weighted by molar-refractivity contribution is -0.131. The van der Waals surface area contributed by atoms with E-state index in [-0.39, 0.29) is 30.9 Å². The molecule has 1 N–H and O–H groups in total. The van der Waals surface area contributed by atoms with Crippen molar-refractivity contribution in [2.75, 3.05) is 13.1 Å². The van der Waals surface area contributed by atoms with Gasteiger partial charge in [0.15, 0.2) is 0 Å².